The molecule has 0 spiro atoms. The van der Waals surface area contributed by atoms with Crippen molar-refractivity contribution in [2.45, 2.75) is 32.6 Å². The highest BCUT2D eigenvalue weighted by molar-refractivity contribution is 7.11. The zero-order chi connectivity index (χ0) is 9.26. The Balaban J connectivity index is 1.81. The molecule has 0 bridgehead atoms. The lowest BCUT2D eigenvalue weighted by Crippen LogP contribution is -2.00. The number of nitrogens with zero attached hydrogens (tertiary/aromatic N) is 1. The van der Waals surface area contributed by atoms with Crippen molar-refractivity contribution in [3.63, 3.8) is 0 Å². The Morgan fingerprint density at radius 2 is 2.46 bits per heavy atom. The van der Waals surface area contributed by atoms with Crippen molar-refractivity contribution in [1.29, 1.82) is 0 Å². The summed E-state index contributed by atoms with van der Waals surface area (Å²) in [6.07, 6.45) is 5.74. The fraction of sp³-hybridized carbons (Fsp3) is 0.600. The van der Waals surface area contributed by atoms with E-state index in [9.17, 15) is 4.79 Å². The van der Waals surface area contributed by atoms with Crippen LogP contribution < -0.4 is 0 Å². The average Bonchev–Trinajstić information content (AvgIpc) is 2.87. The Kier molecular flexibility index (Phi) is 2.44. The molecule has 1 aliphatic carbocycles. The van der Waals surface area contributed by atoms with Gasteiger partial charge in [-0.15, -0.1) is 11.3 Å². The van der Waals surface area contributed by atoms with Gasteiger partial charge in [-0.3, -0.25) is 4.79 Å². The molecule has 0 atom stereocenters. The fourth-order valence-corrected chi connectivity index (χ4v) is 2.17. The van der Waals surface area contributed by atoms with E-state index in [4.69, 9.17) is 0 Å². The Morgan fingerprint density at radius 1 is 1.69 bits per heavy atom. The van der Waals surface area contributed by atoms with Crippen molar-refractivity contribution in [2.75, 3.05) is 0 Å². The van der Waals surface area contributed by atoms with Crippen LogP contribution in [0, 0.1) is 12.8 Å². The monoisotopic (exact) mass is 195 g/mol. The van der Waals surface area contributed by atoms with E-state index in [0.717, 1.165) is 24.3 Å². The van der Waals surface area contributed by atoms with E-state index in [1.165, 1.54) is 4.88 Å². The van der Waals surface area contributed by atoms with E-state index in [-0.39, 0.29) is 0 Å². The summed E-state index contributed by atoms with van der Waals surface area (Å²) in [6, 6.07) is 0. The van der Waals surface area contributed by atoms with Gasteiger partial charge in [0.05, 0.1) is 5.01 Å². The van der Waals surface area contributed by atoms with Crippen molar-refractivity contribution in [3.05, 3.63) is 16.1 Å². The summed E-state index contributed by atoms with van der Waals surface area (Å²) in [5.74, 6) is 0.861. The van der Waals surface area contributed by atoms with E-state index >= 15 is 0 Å². The van der Waals surface area contributed by atoms with Gasteiger partial charge < -0.3 is 0 Å². The lowest BCUT2D eigenvalue weighted by Gasteiger charge is -1.94. The molecule has 1 saturated carbocycles. The molecule has 2 nitrogen and oxygen atoms in total. The highest BCUT2D eigenvalue weighted by Gasteiger charge is 2.28. The zero-order valence-corrected chi connectivity index (χ0v) is 8.56. The van der Waals surface area contributed by atoms with Crippen LogP contribution in [0.25, 0.3) is 0 Å². The lowest BCUT2D eigenvalue weighted by molar-refractivity contribution is -0.120. The van der Waals surface area contributed by atoms with E-state index in [2.05, 4.69) is 4.98 Å². The molecule has 1 aromatic rings. The number of aromatic nitrogens is 1. The molecule has 13 heavy (non-hydrogen) atoms. The van der Waals surface area contributed by atoms with E-state index < -0.39 is 0 Å². The van der Waals surface area contributed by atoms with Crippen LogP contribution in [0.1, 0.15) is 29.1 Å². The molecule has 1 heterocycles. The van der Waals surface area contributed by atoms with Gasteiger partial charge in [0.2, 0.25) is 0 Å². The molecule has 1 fully saturated rings. The van der Waals surface area contributed by atoms with Gasteiger partial charge in [0.15, 0.2) is 0 Å². The van der Waals surface area contributed by atoms with Crippen molar-refractivity contribution >= 4 is 17.1 Å². The summed E-state index contributed by atoms with van der Waals surface area (Å²) in [4.78, 5) is 16.8. The largest absolute Gasteiger partial charge is 0.299 e. The fourth-order valence-electron chi connectivity index (χ4n) is 1.38. The van der Waals surface area contributed by atoms with Gasteiger partial charge >= 0.3 is 0 Å². The second-order valence-corrected chi connectivity index (χ2v) is 4.91. The maximum atomic E-state index is 11.4. The second-order valence-electron chi connectivity index (χ2n) is 3.59. The normalized spacial score (nSPS) is 16.1. The second kappa shape index (κ2) is 3.58. The third-order valence-electron chi connectivity index (χ3n) is 2.32. The van der Waals surface area contributed by atoms with Crippen LogP contribution >= 0.6 is 11.3 Å². The number of rotatable bonds is 4. The van der Waals surface area contributed by atoms with Crippen LogP contribution in [0.5, 0.6) is 0 Å². The summed E-state index contributed by atoms with van der Waals surface area (Å²) >= 11 is 1.70. The Hall–Kier alpha value is -0.700. The molecule has 3 heteroatoms. The summed E-state index contributed by atoms with van der Waals surface area (Å²) in [5, 5.41) is 1.09. The molecule has 0 saturated heterocycles. The first-order chi connectivity index (χ1) is 6.25. The third-order valence-corrected chi connectivity index (χ3v) is 3.29. The average molecular weight is 195 g/mol. The molecule has 0 aliphatic heterocycles. The number of thiazole rings is 1. The smallest absolute Gasteiger partial charge is 0.136 e. The number of hydrogen-bond acceptors (Lipinski definition) is 3. The van der Waals surface area contributed by atoms with Crippen LogP contribution in [-0.2, 0) is 11.2 Å². The summed E-state index contributed by atoms with van der Waals surface area (Å²) in [6.45, 7) is 2.00. The Labute approximate surface area is 82.0 Å². The number of carbonyl (C=O) groups excluding carboxylic acids is 1. The molecular weight excluding hydrogens is 182 g/mol. The van der Waals surface area contributed by atoms with Crippen molar-refractivity contribution in [1.82, 2.24) is 4.98 Å². The standard InChI is InChI=1S/C10H13NOS/c1-7-11-6-9(13-7)4-5-10(12)8-2-3-8/h6,8H,2-5H2,1H3. The molecule has 0 N–H and O–H groups in total. The topological polar surface area (TPSA) is 30.0 Å². The predicted octanol–water partition coefficient (Wildman–Crippen LogP) is 2.36. The lowest BCUT2D eigenvalue weighted by atomic mass is 10.1. The molecule has 2 rings (SSSR count). The minimum atomic E-state index is 0.411. The van der Waals surface area contributed by atoms with Gasteiger partial charge in [-0.2, -0.15) is 0 Å². The Morgan fingerprint density at radius 3 is 3.00 bits per heavy atom. The molecule has 0 aromatic carbocycles. The van der Waals surface area contributed by atoms with Crippen LogP contribution in [0.15, 0.2) is 6.20 Å². The molecule has 0 radical (unpaired) electrons. The first-order valence-corrected chi connectivity index (χ1v) is 5.51. The van der Waals surface area contributed by atoms with Crippen molar-refractivity contribution in [3.8, 4) is 0 Å². The first-order valence-electron chi connectivity index (χ1n) is 4.70. The van der Waals surface area contributed by atoms with Gasteiger partial charge in [-0.05, 0) is 26.2 Å². The van der Waals surface area contributed by atoms with Gasteiger partial charge in [-0.1, -0.05) is 0 Å². The molecule has 0 amide bonds. The van der Waals surface area contributed by atoms with Crippen molar-refractivity contribution < 1.29 is 4.79 Å². The highest BCUT2D eigenvalue weighted by atomic mass is 32.1. The number of ketones is 1. The third kappa shape index (κ3) is 2.37. The Bertz CT molecular complexity index is 314. The van der Waals surface area contributed by atoms with Gasteiger partial charge in [0.25, 0.3) is 0 Å². The van der Waals surface area contributed by atoms with Crippen LogP contribution in [0.2, 0.25) is 0 Å². The summed E-state index contributed by atoms with van der Waals surface area (Å²) in [5.41, 5.74) is 0. The quantitative estimate of drug-likeness (QED) is 0.738. The minimum Gasteiger partial charge on any atom is -0.299 e. The van der Waals surface area contributed by atoms with Gasteiger partial charge in [0.1, 0.15) is 5.78 Å². The number of hydrogen-bond donors (Lipinski definition) is 0. The van der Waals surface area contributed by atoms with Gasteiger partial charge in [0, 0.05) is 23.4 Å². The van der Waals surface area contributed by atoms with Crippen LogP contribution in [0.4, 0.5) is 0 Å². The van der Waals surface area contributed by atoms with E-state index in [1.54, 1.807) is 11.3 Å². The highest BCUT2D eigenvalue weighted by Crippen LogP contribution is 2.31. The number of aryl methyl sites for hydroxylation is 2. The number of Topliss-reactive ketones (excluding diaryl/α,β-unsaturated/α-hetero) is 1. The molecule has 0 unspecified atom stereocenters. The van der Waals surface area contributed by atoms with Crippen LogP contribution in [-0.4, -0.2) is 10.8 Å². The van der Waals surface area contributed by atoms with Crippen LogP contribution in [0.3, 0.4) is 0 Å². The summed E-state index contributed by atoms with van der Waals surface area (Å²) < 4.78 is 0. The van der Waals surface area contributed by atoms with E-state index in [1.807, 2.05) is 13.1 Å². The number of carbonyl (C=O) groups is 1. The summed E-state index contributed by atoms with van der Waals surface area (Å²) in [7, 11) is 0. The first kappa shape index (κ1) is 8.88. The molecule has 1 aliphatic rings. The molecule has 70 valence electrons. The molecule has 1 aromatic heterocycles. The predicted molar refractivity (Wildman–Crippen MR) is 52.9 cm³/mol. The van der Waals surface area contributed by atoms with Crippen molar-refractivity contribution in [2.24, 2.45) is 5.92 Å². The maximum absolute atomic E-state index is 11.4. The molecular formula is C10H13NOS. The maximum Gasteiger partial charge on any atom is 0.136 e. The minimum absolute atomic E-state index is 0.411. The van der Waals surface area contributed by atoms with E-state index in [0.29, 0.717) is 18.1 Å². The zero-order valence-electron chi connectivity index (χ0n) is 7.75. The van der Waals surface area contributed by atoms with Gasteiger partial charge in [-0.25, -0.2) is 4.98 Å². The SMILES string of the molecule is Cc1ncc(CCC(=O)C2CC2)s1.